The summed E-state index contributed by atoms with van der Waals surface area (Å²) in [5, 5.41) is 1.04. The van der Waals surface area contributed by atoms with Crippen LogP contribution in [0.1, 0.15) is 15.9 Å². The van der Waals surface area contributed by atoms with E-state index in [0.717, 1.165) is 12.1 Å². The first-order valence-electron chi connectivity index (χ1n) is 4.67. The molecule has 0 aliphatic carbocycles. The van der Waals surface area contributed by atoms with E-state index in [-0.39, 0.29) is 28.1 Å². The number of carbonyl (C=O) groups is 1. The highest BCUT2D eigenvalue weighted by atomic mass is 79.9. The monoisotopic (exact) mass is 403 g/mol. The second kappa shape index (κ2) is 7.74. The van der Waals surface area contributed by atoms with Gasteiger partial charge in [-0.25, -0.2) is 0 Å². The number of halogens is 4. The lowest BCUT2D eigenvalue weighted by Crippen LogP contribution is -2.11. The standard InChI is InChI=1S/C11H12BrCl2NO.BrH/c1-15(2)6-7-3-8(13)11(9(14)4-7)10(16)5-12;/h3-4H,5-6H2,1-2H3;1H. The van der Waals surface area contributed by atoms with E-state index in [9.17, 15) is 4.79 Å². The largest absolute Gasteiger partial charge is 0.305 e. The second-order valence-electron chi connectivity index (χ2n) is 3.73. The van der Waals surface area contributed by atoms with Crippen molar-refractivity contribution in [2.45, 2.75) is 6.54 Å². The molecule has 1 rings (SSSR count). The third-order valence-electron chi connectivity index (χ3n) is 2.00. The maximum atomic E-state index is 11.6. The first kappa shape index (κ1) is 17.4. The number of hydrogen-bond acceptors (Lipinski definition) is 2. The van der Waals surface area contributed by atoms with Crippen LogP contribution in [0.4, 0.5) is 0 Å². The van der Waals surface area contributed by atoms with Gasteiger partial charge in [0.25, 0.3) is 0 Å². The van der Waals surface area contributed by atoms with E-state index in [2.05, 4.69) is 15.9 Å². The van der Waals surface area contributed by atoms with E-state index in [0.29, 0.717) is 15.6 Å². The molecule has 96 valence electrons. The van der Waals surface area contributed by atoms with Gasteiger partial charge in [-0.05, 0) is 31.8 Å². The molecule has 1 aromatic rings. The highest BCUT2D eigenvalue weighted by Crippen LogP contribution is 2.28. The van der Waals surface area contributed by atoms with Crippen LogP contribution in [0.25, 0.3) is 0 Å². The molecule has 0 unspecified atom stereocenters. The van der Waals surface area contributed by atoms with Crippen molar-refractivity contribution in [3.63, 3.8) is 0 Å². The Balaban J connectivity index is 0.00000256. The molecule has 0 amide bonds. The molecule has 1 aromatic carbocycles. The number of hydrogen-bond donors (Lipinski definition) is 0. The van der Waals surface area contributed by atoms with E-state index in [1.54, 1.807) is 12.1 Å². The molecule has 0 N–H and O–H groups in total. The van der Waals surface area contributed by atoms with Gasteiger partial charge in [-0.3, -0.25) is 4.79 Å². The number of ketones is 1. The Kier molecular flexibility index (Phi) is 7.92. The summed E-state index contributed by atoms with van der Waals surface area (Å²) in [5.74, 6) is -0.105. The Bertz CT molecular complexity index is 387. The second-order valence-corrected chi connectivity index (χ2v) is 5.10. The van der Waals surface area contributed by atoms with E-state index in [1.807, 2.05) is 19.0 Å². The Morgan fingerprint density at radius 1 is 1.29 bits per heavy atom. The molecule has 6 heteroatoms. The molecule has 0 aliphatic rings. The molecule has 0 saturated heterocycles. The first-order valence-corrected chi connectivity index (χ1v) is 6.55. The lowest BCUT2D eigenvalue weighted by atomic mass is 10.1. The fraction of sp³-hybridized carbons (Fsp3) is 0.364. The average molecular weight is 406 g/mol. The van der Waals surface area contributed by atoms with Gasteiger partial charge in [0.05, 0.1) is 20.9 Å². The maximum absolute atomic E-state index is 11.6. The van der Waals surface area contributed by atoms with Gasteiger partial charge in [0.15, 0.2) is 5.78 Å². The van der Waals surface area contributed by atoms with Crippen LogP contribution in [0.2, 0.25) is 10.0 Å². The SMILES string of the molecule is Br.CN(C)Cc1cc(Cl)c(C(=O)CBr)c(Cl)c1. The number of carbonyl (C=O) groups excluding carboxylic acids is 1. The number of alkyl halides is 1. The average Bonchev–Trinajstić information content (AvgIpc) is 2.15. The van der Waals surface area contributed by atoms with Crippen molar-refractivity contribution in [3.8, 4) is 0 Å². The Morgan fingerprint density at radius 2 is 1.76 bits per heavy atom. The summed E-state index contributed by atoms with van der Waals surface area (Å²) in [7, 11) is 3.92. The third kappa shape index (κ3) is 4.87. The molecule has 0 atom stereocenters. The smallest absolute Gasteiger partial charge is 0.176 e. The van der Waals surface area contributed by atoms with E-state index in [4.69, 9.17) is 23.2 Å². The Hall–Kier alpha value is 0.390. The van der Waals surface area contributed by atoms with Gasteiger partial charge in [0.2, 0.25) is 0 Å². The molecule has 0 bridgehead atoms. The van der Waals surface area contributed by atoms with Crippen LogP contribution in [0, 0.1) is 0 Å². The summed E-state index contributed by atoms with van der Waals surface area (Å²) in [6, 6.07) is 3.56. The number of Topliss-reactive ketones (excluding diaryl/α,β-unsaturated/α-hetero) is 1. The molecule has 0 spiro atoms. The van der Waals surface area contributed by atoms with E-state index >= 15 is 0 Å². The Labute approximate surface area is 130 Å². The molecule has 2 nitrogen and oxygen atoms in total. The normalized spacial score (nSPS) is 10.2. The summed E-state index contributed by atoms with van der Waals surface area (Å²) in [6.07, 6.45) is 0. The molecule has 0 fully saturated rings. The minimum Gasteiger partial charge on any atom is -0.305 e. The summed E-state index contributed by atoms with van der Waals surface area (Å²) < 4.78 is 0. The molecule has 0 saturated carbocycles. The van der Waals surface area contributed by atoms with E-state index < -0.39 is 0 Å². The van der Waals surface area contributed by atoms with Crippen molar-refractivity contribution in [1.29, 1.82) is 0 Å². The van der Waals surface area contributed by atoms with Crippen molar-refractivity contribution in [1.82, 2.24) is 4.90 Å². The van der Waals surface area contributed by atoms with Gasteiger partial charge in [-0.2, -0.15) is 0 Å². The zero-order valence-electron chi connectivity index (χ0n) is 9.47. The molecular formula is C11H13Br2Cl2NO. The van der Waals surface area contributed by atoms with Crippen molar-refractivity contribution in [2.24, 2.45) is 0 Å². The highest BCUT2D eigenvalue weighted by Gasteiger charge is 2.15. The van der Waals surface area contributed by atoms with Crippen LogP contribution in [-0.4, -0.2) is 30.1 Å². The molecule has 0 radical (unpaired) electrons. The topological polar surface area (TPSA) is 20.3 Å². The molecule has 0 aliphatic heterocycles. The van der Waals surface area contributed by atoms with Gasteiger partial charge in [0.1, 0.15) is 0 Å². The predicted molar refractivity (Wildman–Crippen MR) is 82.3 cm³/mol. The third-order valence-corrected chi connectivity index (χ3v) is 3.11. The fourth-order valence-corrected chi connectivity index (χ4v) is 2.44. The van der Waals surface area contributed by atoms with Crippen LogP contribution in [0.5, 0.6) is 0 Å². The summed E-state index contributed by atoms with van der Waals surface area (Å²) >= 11 is 15.2. The van der Waals surface area contributed by atoms with Crippen molar-refractivity contribution in [3.05, 3.63) is 33.3 Å². The van der Waals surface area contributed by atoms with Gasteiger partial charge in [0, 0.05) is 6.54 Å². The van der Waals surface area contributed by atoms with Crippen LogP contribution in [-0.2, 0) is 6.54 Å². The van der Waals surface area contributed by atoms with Gasteiger partial charge in [-0.15, -0.1) is 17.0 Å². The Morgan fingerprint density at radius 3 is 2.12 bits per heavy atom. The summed E-state index contributed by atoms with van der Waals surface area (Å²) in [4.78, 5) is 13.6. The zero-order valence-corrected chi connectivity index (χ0v) is 14.3. The zero-order chi connectivity index (χ0) is 12.3. The maximum Gasteiger partial charge on any atom is 0.176 e. The van der Waals surface area contributed by atoms with Crippen molar-refractivity contribution >= 4 is 61.9 Å². The minimum absolute atomic E-state index is 0. The molecular weight excluding hydrogens is 393 g/mol. The van der Waals surface area contributed by atoms with Crippen LogP contribution >= 0.6 is 56.1 Å². The molecule has 17 heavy (non-hydrogen) atoms. The van der Waals surface area contributed by atoms with Crippen molar-refractivity contribution in [2.75, 3.05) is 19.4 Å². The molecule has 0 aromatic heterocycles. The van der Waals surface area contributed by atoms with Gasteiger partial charge < -0.3 is 4.90 Å². The molecule has 0 heterocycles. The number of benzene rings is 1. The predicted octanol–water partition coefficient (Wildman–Crippen LogP) is 4.21. The lowest BCUT2D eigenvalue weighted by Gasteiger charge is -2.12. The fourth-order valence-electron chi connectivity index (χ4n) is 1.42. The van der Waals surface area contributed by atoms with Crippen LogP contribution in [0.3, 0.4) is 0 Å². The minimum atomic E-state index is -0.105. The summed E-state index contributed by atoms with van der Waals surface area (Å²) in [5.41, 5.74) is 1.38. The quantitative estimate of drug-likeness (QED) is 0.552. The van der Waals surface area contributed by atoms with Crippen LogP contribution in [0.15, 0.2) is 12.1 Å². The van der Waals surface area contributed by atoms with Crippen LogP contribution < -0.4 is 0 Å². The first-order chi connectivity index (χ1) is 7.45. The van der Waals surface area contributed by atoms with Gasteiger partial charge in [-0.1, -0.05) is 39.1 Å². The number of nitrogens with zero attached hydrogens (tertiary/aromatic N) is 1. The summed E-state index contributed by atoms with van der Waals surface area (Å²) in [6.45, 7) is 0.738. The van der Waals surface area contributed by atoms with Gasteiger partial charge >= 0.3 is 0 Å². The highest BCUT2D eigenvalue weighted by molar-refractivity contribution is 9.09. The van der Waals surface area contributed by atoms with Crippen molar-refractivity contribution < 1.29 is 4.79 Å². The van der Waals surface area contributed by atoms with E-state index in [1.165, 1.54) is 0 Å². The lowest BCUT2D eigenvalue weighted by molar-refractivity contribution is 0.102. The number of rotatable bonds is 4.